The molecule has 4 heteroatoms. The second-order valence-electron chi connectivity index (χ2n) is 4.12. The Labute approximate surface area is 85.2 Å². The van der Waals surface area contributed by atoms with Crippen molar-refractivity contribution in [3.05, 3.63) is 0 Å². The molecule has 0 aromatic heterocycles. The normalized spacial score (nSPS) is 24.0. The van der Waals surface area contributed by atoms with Gasteiger partial charge in [-0.3, -0.25) is 0 Å². The van der Waals surface area contributed by atoms with Crippen molar-refractivity contribution in [2.45, 2.75) is 19.3 Å². The molecule has 4 nitrogen and oxygen atoms in total. The number of urea groups is 1. The molecule has 2 aliphatic rings. The number of hydrogen-bond donors (Lipinski definition) is 1. The summed E-state index contributed by atoms with van der Waals surface area (Å²) in [4.78, 5) is 15.6. The summed E-state index contributed by atoms with van der Waals surface area (Å²) in [5.41, 5.74) is 0. The minimum absolute atomic E-state index is 0.113. The van der Waals surface area contributed by atoms with Gasteiger partial charge in [0.15, 0.2) is 0 Å². The first kappa shape index (κ1) is 9.77. The fourth-order valence-electron chi connectivity index (χ4n) is 2.17. The van der Waals surface area contributed by atoms with Crippen LogP contribution in [0.15, 0.2) is 0 Å². The monoisotopic (exact) mass is 197 g/mol. The van der Waals surface area contributed by atoms with Crippen molar-refractivity contribution in [2.24, 2.45) is 0 Å². The fraction of sp³-hybridized carbons (Fsp3) is 0.900. The third-order valence-electron chi connectivity index (χ3n) is 3.08. The van der Waals surface area contributed by atoms with Crippen LogP contribution in [0.1, 0.15) is 19.3 Å². The molecule has 0 aromatic carbocycles. The van der Waals surface area contributed by atoms with Crippen LogP contribution in [-0.2, 0) is 0 Å². The molecule has 2 heterocycles. The quantitative estimate of drug-likeness (QED) is 0.715. The standard InChI is InChI=1S/C10H19N3O/c14-10-11-4-7-13(10)9-8-12-5-2-1-3-6-12/h1-9H2,(H,11,14). The molecule has 0 aliphatic carbocycles. The number of hydrogen-bond acceptors (Lipinski definition) is 2. The maximum atomic E-state index is 11.2. The van der Waals surface area contributed by atoms with Crippen LogP contribution in [-0.4, -0.2) is 55.1 Å². The molecule has 2 aliphatic heterocycles. The van der Waals surface area contributed by atoms with Gasteiger partial charge < -0.3 is 15.1 Å². The zero-order chi connectivity index (χ0) is 9.80. The lowest BCUT2D eigenvalue weighted by atomic mass is 10.1. The number of amides is 2. The zero-order valence-electron chi connectivity index (χ0n) is 8.67. The smallest absolute Gasteiger partial charge is 0.317 e. The number of piperidine rings is 1. The molecule has 0 unspecified atom stereocenters. The number of nitrogens with one attached hydrogen (secondary N) is 1. The third-order valence-corrected chi connectivity index (χ3v) is 3.08. The third kappa shape index (κ3) is 2.38. The minimum Gasteiger partial charge on any atom is -0.336 e. The summed E-state index contributed by atoms with van der Waals surface area (Å²) in [6.45, 7) is 6.08. The fourth-order valence-corrected chi connectivity index (χ4v) is 2.17. The number of nitrogens with zero attached hydrogens (tertiary/aromatic N) is 2. The highest BCUT2D eigenvalue weighted by atomic mass is 16.2. The molecule has 0 saturated carbocycles. The Kier molecular flexibility index (Phi) is 3.24. The van der Waals surface area contributed by atoms with Crippen molar-refractivity contribution >= 4 is 6.03 Å². The Balaban J connectivity index is 1.68. The highest BCUT2D eigenvalue weighted by Crippen LogP contribution is 2.08. The van der Waals surface area contributed by atoms with Crippen LogP contribution in [0.25, 0.3) is 0 Å². The van der Waals surface area contributed by atoms with Crippen molar-refractivity contribution in [2.75, 3.05) is 39.3 Å². The van der Waals surface area contributed by atoms with E-state index in [9.17, 15) is 4.79 Å². The molecule has 2 amide bonds. The maximum absolute atomic E-state index is 11.2. The lowest BCUT2D eigenvalue weighted by Crippen LogP contribution is -2.39. The SMILES string of the molecule is O=C1NCCN1CCN1CCCCC1. The summed E-state index contributed by atoms with van der Waals surface area (Å²) in [7, 11) is 0. The van der Waals surface area contributed by atoms with Crippen LogP contribution in [0.3, 0.4) is 0 Å². The van der Waals surface area contributed by atoms with E-state index in [1.165, 1.54) is 32.4 Å². The topological polar surface area (TPSA) is 35.6 Å². The Bertz CT molecular complexity index is 202. The zero-order valence-corrected chi connectivity index (χ0v) is 8.67. The second-order valence-corrected chi connectivity index (χ2v) is 4.12. The molecule has 2 saturated heterocycles. The Hall–Kier alpha value is -0.770. The Morgan fingerprint density at radius 2 is 1.86 bits per heavy atom. The van der Waals surface area contributed by atoms with Crippen LogP contribution in [0.2, 0.25) is 0 Å². The van der Waals surface area contributed by atoms with E-state index in [1.54, 1.807) is 0 Å². The highest BCUT2D eigenvalue weighted by molar-refractivity contribution is 5.76. The van der Waals surface area contributed by atoms with Gasteiger partial charge >= 0.3 is 6.03 Å². The Morgan fingerprint density at radius 3 is 2.50 bits per heavy atom. The molecule has 0 radical (unpaired) electrons. The first-order valence-corrected chi connectivity index (χ1v) is 5.61. The average molecular weight is 197 g/mol. The number of carbonyl (C=O) groups excluding carboxylic acids is 1. The predicted octanol–water partition coefficient (Wildman–Crippen LogP) is 0.497. The van der Waals surface area contributed by atoms with E-state index in [-0.39, 0.29) is 6.03 Å². The van der Waals surface area contributed by atoms with E-state index in [0.717, 1.165) is 26.2 Å². The highest BCUT2D eigenvalue weighted by Gasteiger charge is 2.20. The summed E-state index contributed by atoms with van der Waals surface area (Å²) in [5.74, 6) is 0. The molecule has 0 spiro atoms. The van der Waals surface area contributed by atoms with Crippen molar-refractivity contribution < 1.29 is 4.79 Å². The van der Waals surface area contributed by atoms with Crippen molar-refractivity contribution in [1.29, 1.82) is 0 Å². The van der Waals surface area contributed by atoms with Gasteiger partial charge in [0.25, 0.3) is 0 Å². The molecule has 2 rings (SSSR count). The largest absolute Gasteiger partial charge is 0.336 e. The van der Waals surface area contributed by atoms with Gasteiger partial charge in [0.2, 0.25) is 0 Å². The maximum Gasteiger partial charge on any atom is 0.317 e. The molecular formula is C10H19N3O. The summed E-state index contributed by atoms with van der Waals surface area (Å²) in [6, 6.07) is 0.113. The Morgan fingerprint density at radius 1 is 1.07 bits per heavy atom. The first-order chi connectivity index (χ1) is 6.86. The van der Waals surface area contributed by atoms with E-state index < -0.39 is 0 Å². The number of likely N-dealkylation sites (tertiary alicyclic amines) is 1. The molecule has 0 bridgehead atoms. The second kappa shape index (κ2) is 4.64. The molecular weight excluding hydrogens is 178 g/mol. The van der Waals surface area contributed by atoms with E-state index in [4.69, 9.17) is 0 Å². The van der Waals surface area contributed by atoms with Gasteiger partial charge in [-0.1, -0.05) is 6.42 Å². The molecule has 14 heavy (non-hydrogen) atoms. The predicted molar refractivity (Wildman–Crippen MR) is 55.3 cm³/mol. The summed E-state index contributed by atoms with van der Waals surface area (Å²) in [5, 5.41) is 2.83. The van der Waals surface area contributed by atoms with Gasteiger partial charge in [0.1, 0.15) is 0 Å². The van der Waals surface area contributed by atoms with E-state index in [2.05, 4.69) is 10.2 Å². The van der Waals surface area contributed by atoms with Crippen LogP contribution >= 0.6 is 0 Å². The van der Waals surface area contributed by atoms with Gasteiger partial charge in [-0.15, -0.1) is 0 Å². The average Bonchev–Trinajstić information content (AvgIpc) is 2.63. The van der Waals surface area contributed by atoms with E-state index in [0.29, 0.717) is 0 Å². The summed E-state index contributed by atoms with van der Waals surface area (Å²) >= 11 is 0. The van der Waals surface area contributed by atoms with Gasteiger partial charge in [0, 0.05) is 26.2 Å². The van der Waals surface area contributed by atoms with Gasteiger partial charge in [-0.25, -0.2) is 4.79 Å². The van der Waals surface area contributed by atoms with Crippen LogP contribution in [0, 0.1) is 0 Å². The molecule has 2 fully saturated rings. The number of rotatable bonds is 3. The molecule has 0 atom stereocenters. The van der Waals surface area contributed by atoms with E-state index in [1.807, 2.05) is 4.90 Å². The minimum atomic E-state index is 0.113. The lowest BCUT2D eigenvalue weighted by Gasteiger charge is -2.28. The molecule has 80 valence electrons. The molecule has 1 N–H and O–H groups in total. The van der Waals surface area contributed by atoms with Crippen LogP contribution in [0.4, 0.5) is 4.79 Å². The number of carbonyl (C=O) groups is 1. The van der Waals surface area contributed by atoms with Gasteiger partial charge in [-0.2, -0.15) is 0 Å². The summed E-state index contributed by atoms with van der Waals surface area (Å²) in [6.07, 6.45) is 4.03. The lowest BCUT2D eigenvalue weighted by molar-refractivity contribution is 0.188. The van der Waals surface area contributed by atoms with Gasteiger partial charge in [-0.05, 0) is 25.9 Å². The van der Waals surface area contributed by atoms with Gasteiger partial charge in [0.05, 0.1) is 0 Å². The van der Waals surface area contributed by atoms with Crippen molar-refractivity contribution in [3.63, 3.8) is 0 Å². The van der Waals surface area contributed by atoms with Crippen LogP contribution < -0.4 is 5.32 Å². The van der Waals surface area contributed by atoms with E-state index >= 15 is 0 Å². The first-order valence-electron chi connectivity index (χ1n) is 5.61. The van der Waals surface area contributed by atoms with Crippen LogP contribution in [0.5, 0.6) is 0 Å². The summed E-state index contributed by atoms with van der Waals surface area (Å²) < 4.78 is 0. The molecule has 0 aromatic rings. The van der Waals surface area contributed by atoms with Crippen molar-refractivity contribution in [1.82, 2.24) is 15.1 Å². The van der Waals surface area contributed by atoms with Crippen molar-refractivity contribution in [3.8, 4) is 0 Å².